The molecule has 3 heteroatoms. The zero-order valence-corrected chi connectivity index (χ0v) is 11.5. The van der Waals surface area contributed by atoms with Crippen LogP contribution in [0, 0.1) is 11.8 Å². The van der Waals surface area contributed by atoms with Crippen molar-refractivity contribution in [1.82, 2.24) is 0 Å². The molecule has 102 valence electrons. The smallest absolute Gasteiger partial charge is 0.183 e. The number of hydrogen-bond donors (Lipinski definition) is 1. The Morgan fingerprint density at radius 2 is 1.53 bits per heavy atom. The van der Waals surface area contributed by atoms with Gasteiger partial charge in [-0.2, -0.15) is 0 Å². The largest absolute Gasteiger partial charge is 0.388 e. The zero-order valence-electron chi connectivity index (χ0n) is 11.5. The zero-order chi connectivity index (χ0) is 12.7. The summed E-state index contributed by atoms with van der Waals surface area (Å²) in [6.45, 7) is 7.31. The van der Waals surface area contributed by atoms with Gasteiger partial charge in [-0.1, -0.05) is 26.2 Å². The van der Waals surface area contributed by atoms with Gasteiger partial charge >= 0.3 is 0 Å². The van der Waals surface area contributed by atoms with Crippen molar-refractivity contribution in [2.24, 2.45) is 11.8 Å². The number of rotatable bonds is 7. The Hall–Kier alpha value is -0.120. The first-order valence-electron chi connectivity index (χ1n) is 7.14. The quantitative estimate of drug-likeness (QED) is 0.700. The first-order valence-corrected chi connectivity index (χ1v) is 7.14. The Kier molecular flexibility index (Phi) is 7.09. The summed E-state index contributed by atoms with van der Waals surface area (Å²) in [5.41, 5.74) is 0. The van der Waals surface area contributed by atoms with Crippen molar-refractivity contribution in [2.75, 3.05) is 13.2 Å². The predicted molar refractivity (Wildman–Crippen MR) is 68.8 cm³/mol. The molecule has 1 aliphatic rings. The average Bonchev–Trinajstić information content (AvgIpc) is 2.38. The minimum Gasteiger partial charge on any atom is -0.388 e. The SMILES string of the molecule is CCOC(OCC)C(O)C1CCC(CC)CC1. The number of aliphatic hydroxyl groups excluding tert-OH is 1. The van der Waals surface area contributed by atoms with E-state index in [1.165, 1.54) is 19.3 Å². The molecule has 1 N–H and O–H groups in total. The summed E-state index contributed by atoms with van der Waals surface area (Å²) in [6, 6.07) is 0. The lowest BCUT2D eigenvalue weighted by molar-refractivity contribution is -0.204. The van der Waals surface area contributed by atoms with E-state index in [1.807, 2.05) is 13.8 Å². The van der Waals surface area contributed by atoms with Crippen molar-refractivity contribution in [2.45, 2.75) is 65.3 Å². The molecular weight excluding hydrogens is 216 g/mol. The molecule has 0 radical (unpaired) electrons. The summed E-state index contributed by atoms with van der Waals surface area (Å²) in [7, 11) is 0. The molecular formula is C14H28O3. The van der Waals surface area contributed by atoms with Crippen LogP contribution in [0.5, 0.6) is 0 Å². The molecule has 0 amide bonds. The van der Waals surface area contributed by atoms with Crippen LogP contribution in [0.3, 0.4) is 0 Å². The molecule has 1 fully saturated rings. The molecule has 0 saturated heterocycles. The third-order valence-corrected chi connectivity index (χ3v) is 3.89. The van der Waals surface area contributed by atoms with Crippen molar-refractivity contribution in [1.29, 1.82) is 0 Å². The molecule has 0 aromatic heterocycles. The second-order valence-corrected chi connectivity index (χ2v) is 4.96. The standard InChI is InChI=1S/C14H28O3/c1-4-11-7-9-12(10-8-11)13(15)14(16-5-2)17-6-3/h11-15H,4-10H2,1-3H3. The predicted octanol–water partition coefficient (Wildman–Crippen LogP) is 2.96. The monoisotopic (exact) mass is 244 g/mol. The number of hydrogen-bond acceptors (Lipinski definition) is 3. The van der Waals surface area contributed by atoms with Crippen LogP contribution in [-0.4, -0.2) is 30.7 Å². The van der Waals surface area contributed by atoms with Gasteiger partial charge in [0.05, 0.1) is 0 Å². The van der Waals surface area contributed by atoms with E-state index < -0.39 is 12.4 Å². The van der Waals surface area contributed by atoms with E-state index in [2.05, 4.69) is 6.92 Å². The summed E-state index contributed by atoms with van der Waals surface area (Å²) in [6.07, 6.45) is 5.06. The molecule has 0 aromatic rings. The Bertz CT molecular complexity index is 182. The van der Waals surface area contributed by atoms with Crippen LogP contribution in [0.25, 0.3) is 0 Å². The first-order chi connectivity index (χ1) is 8.22. The third-order valence-electron chi connectivity index (χ3n) is 3.89. The highest BCUT2D eigenvalue weighted by Crippen LogP contribution is 2.33. The third kappa shape index (κ3) is 4.57. The summed E-state index contributed by atoms with van der Waals surface area (Å²) in [5.74, 6) is 1.21. The molecule has 1 unspecified atom stereocenters. The number of aliphatic hydroxyl groups is 1. The summed E-state index contributed by atoms with van der Waals surface area (Å²) in [5, 5.41) is 10.3. The van der Waals surface area contributed by atoms with E-state index in [4.69, 9.17) is 9.47 Å². The second-order valence-electron chi connectivity index (χ2n) is 4.96. The maximum absolute atomic E-state index is 10.3. The van der Waals surface area contributed by atoms with E-state index in [0.717, 1.165) is 18.8 Å². The molecule has 3 nitrogen and oxygen atoms in total. The van der Waals surface area contributed by atoms with Crippen molar-refractivity contribution >= 4 is 0 Å². The highest BCUT2D eigenvalue weighted by molar-refractivity contribution is 4.79. The topological polar surface area (TPSA) is 38.7 Å². The van der Waals surface area contributed by atoms with Crippen molar-refractivity contribution < 1.29 is 14.6 Å². The Balaban J connectivity index is 2.41. The fraction of sp³-hybridized carbons (Fsp3) is 1.00. The van der Waals surface area contributed by atoms with Gasteiger partial charge in [0.25, 0.3) is 0 Å². The van der Waals surface area contributed by atoms with Gasteiger partial charge in [0.1, 0.15) is 6.10 Å². The lowest BCUT2D eigenvalue weighted by Crippen LogP contribution is -2.39. The molecule has 0 spiro atoms. The van der Waals surface area contributed by atoms with Crippen molar-refractivity contribution in [3.63, 3.8) is 0 Å². The summed E-state index contributed by atoms with van der Waals surface area (Å²) < 4.78 is 11.0. The molecule has 1 aliphatic carbocycles. The lowest BCUT2D eigenvalue weighted by Gasteiger charge is -2.34. The molecule has 0 aromatic carbocycles. The van der Waals surface area contributed by atoms with Crippen LogP contribution >= 0.6 is 0 Å². The van der Waals surface area contributed by atoms with Gasteiger partial charge in [0, 0.05) is 13.2 Å². The summed E-state index contributed by atoms with van der Waals surface area (Å²) >= 11 is 0. The molecule has 17 heavy (non-hydrogen) atoms. The van der Waals surface area contributed by atoms with E-state index in [-0.39, 0.29) is 0 Å². The van der Waals surface area contributed by atoms with E-state index in [0.29, 0.717) is 19.1 Å². The second kappa shape index (κ2) is 8.06. The van der Waals surface area contributed by atoms with Crippen LogP contribution in [0.2, 0.25) is 0 Å². The minimum absolute atomic E-state index is 0.348. The molecule has 0 bridgehead atoms. The summed E-state index contributed by atoms with van der Waals surface area (Å²) in [4.78, 5) is 0. The van der Waals surface area contributed by atoms with Gasteiger partial charge < -0.3 is 14.6 Å². The average molecular weight is 244 g/mol. The molecule has 1 saturated carbocycles. The maximum Gasteiger partial charge on any atom is 0.183 e. The van der Waals surface area contributed by atoms with Crippen LogP contribution in [-0.2, 0) is 9.47 Å². The van der Waals surface area contributed by atoms with Crippen LogP contribution in [0.1, 0.15) is 52.9 Å². The Labute approximate surface area is 105 Å². The highest BCUT2D eigenvalue weighted by Gasteiger charge is 2.31. The van der Waals surface area contributed by atoms with Crippen molar-refractivity contribution in [3.8, 4) is 0 Å². The Morgan fingerprint density at radius 3 is 1.94 bits per heavy atom. The van der Waals surface area contributed by atoms with Gasteiger partial charge in [0.15, 0.2) is 6.29 Å². The van der Waals surface area contributed by atoms with Gasteiger partial charge in [-0.25, -0.2) is 0 Å². The molecule has 1 rings (SSSR count). The number of ether oxygens (including phenoxy) is 2. The maximum atomic E-state index is 10.3. The minimum atomic E-state index is -0.465. The van der Waals surface area contributed by atoms with Crippen LogP contribution in [0.4, 0.5) is 0 Å². The van der Waals surface area contributed by atoms with Crippen LogP contribution < -0.4 is 0 Å². The molecule has 1 atom stereocenters. The normalized spacial score (nSPS) is 27.4. The lowest BCUT2D eigenvalue weighted by atomic mass is 9.78. The van der Waals surface area contributed by atoms with E-state index in [1.54, 1.807) is 0 Å². The van der Waals surface area contributed by atoms with E-state index in [9.17, 15) is 5.11 Å². The molecule has 0 aliphatic heterocycles. The Morgan fingerprint density at radius 1 is 1.00 bits per heavy atom. The van der Waals surface area contributed by atoms with Gasteiger partial charge in [-0.15, -0.1) is 0 Å². The van der Waals surface area contributed by atoms with Crippen LogP contribution in [0.15, 0.2) is 0 Å². The fourth-order valence-electron chi connectivity index (χ4n) is 2.73. The van der Waals surface area contributed by atoms with Gasteiger partial charge in [-0.05, 0) is 38.5 Å². The highest BCUT2D eigenvalue weighted by atomic mass is 16.7. The first kappa shape index (κ1) is 14.9. The fourth-order valence-corrected chi connectivity index (χ4v) is 2.73. The van der Waals surface area contributed by atoms with Gasteiger partial charge in [0.2, 0.25) is 0 Å². The van der Waals surface area contributed by atoms with Crippen molar-refractivity contribution in [3.05, 3.63) is 0 Å². The molecule has 0 heterocycles. The van der Waals surface area contributed by atoms with E-state index >= 15 is 0 Å². The van der Waals surface area contributed by atoms with Gasteiger partial charge in [-0.3, -0.25) is 0 Å².